The van der Waals surface area contributed by atoms with Crippen molar-refractivity contribution in [3.8, 4) is 0 Å². The van der Waals surface area contributed by atoms with Crippen LogP contribution in [0.2, 0.25) is 0 Å². The number of esters is 1. The Labute approximate surface area is 169 Å². The van der Waals surface area contributed by atoms with E-state index >= 15 is 0 Å². The summed E-state index contributed by atoms with van der Waals surface area (Å²) in [5.41, 5.74) is -0.499. The number of ether oxygens (including phenoxy) is 1. The summed E-state index contributed by atoms with van der Waals surface area (Å²) in [4.78, 5) is 26.7. The number of hydrogen-bond acceptors (Lipinski definition) is 4. The number of amides is 1. The smallest absolute Gasteiger partial charge is 0.323 e. The number of carbonyl (C=O) groups is 2. The molecule has 2 heterocycles. The van der Waals surface area contributed by atoms with E-state index in [0.717, 1.165) is 32.4 Å². The van der Waals surface area contributed by atoms with Gasteiger partial charge in [0.05, 0.1) is 0 Å². The van der Waals surface area contributed by atoms with Gasteiger partial charge in [-0.3, -0.25) is 14.5 Å². The Kier molecular flexibility index (Phi) is 7.70. The highest BCUT2D eigenvalue weighted by molar-refractivity contribution is 5.76. The molecule has 6 nitrogen and oxygen atoms in total. The van der Waals surface area contributed by atoms with Gasteiger partial charge in [-0.2, -0.15) is 0 Å². The predicted octanol–water partition coefficient (Wildman–Crippen LogP) is 3.39. The predicted molar refractivity (Wildman–Crippen MR) is 111 cm³/mol. The number of nitrogens with zero attached hydrogens (tertiary/aromatic N) is 2. The van der Waals surface area contributed by atoms with E-state index in [9.17, 15) is 9.59 Å². The van der Waals surface area contributed by atoms with Gasteiger partial charge in [0.2, 0.25) is 5.91 Å². The van der Waals surface area contributed by atoms with E-state index < -0.39 is 5.60 Å². The zero-order valence-electron chi connectivity index (χ0n) is 18.3. The Bertz CT molecular complexity index is 636. The van der Waals surface area contributed by atoms with Gasteiger partial charge in [0.25, 0.3) is 0 Å². The molecule has 2 rings (SSSR count). The van der Waals surface area contributed by atoms with Crippen molar-refractivity contribution in [3.05, 3.63) is 24.5 Å². The second-order valence-electron chi connectivity index (χ2n) is 9.06. The summed E-state index contributed by atoms with van der Waals surface area (Å²) >= 11 is 0. The molecule has 1 aromatic heterocycles. The maximum absolute atomic E-state index is 12.9. The molecular weight excluding hydrogens is 354 g/mol. The molecule has 158 valence electrons. The zero-order valence-corrected chi connectivity index (χ0v) is 18.3. The Morgan fingerprint density at radius 3 is 2.43 bits per heavy atom. The molecule has 1 N–H and O–H groups in total. The molecule has 1 amide bonds. The van der Waals surface area contributed by atoms with E-state index in [1.807, 2.05) is 32.9 Å². The van der Waals surface area contributed by atoms with Gasteiger partial charge in [-0.05, 0) is 58.6 Å². The van der Waals surface area contributed by atoms with Crippen molar-refractivity contribution in [3.63, 3.8) is 0 Å². The molecule has 28 heavy (non-hydrogen) atoms. The van der Waals surface area contributed by atoms with Gasteiger partial charge in [-0.15, -0.1) is 0 Å². The van der Waals surface area contributed by atoms with Crippen LogP contribution in [0.4, 0.5) is 0 Å². The van der Waals surface area contributed by atoms with Gasteiger partial charge >= 0.3 is 5.97 Å². The summed E-state index contributed by atoms with van der Waals surface area (Å²) in [6, 6.07) is 4.11. The minimum atomic E-state index is -0.499. The van der Waals surface area contributed by atoms with Crippen LogP contribution in [0, 0.1) is 5.92 Å². The third kappa shape index (κ3) is 6.36. The molecule has 0 radical (unpaired) electrons. The number of hydrogen-bond donors (Lipinski definition) is 1. The molecule has 6 heteroatoms. The third-order valence-corrected chi connectivity index (χ3v) is 5.38. The van der Waals surface area contributed by atoms with Gasteiger partial charge in [-0.25, -0.2) is 0 Å². The van der Waals surface area contributed by atoms with Crippen LogP contribution in [-0.4, -0.2) is 52.1 Å². The fourth-order valence-electron chi connectivity index (χ4n) is 4.11. The summed E-state index contributed by atoms with van der Waals surface area (Å²) in [6.07, 6.45) is 6.91. The van der Waals surface area contributed by atoms with E-state index in [-0.39, 0.29) is 30.0 Å². The minimum absolute atomic E-state index is 0.0102. The van der Waals surface area contributed by atoms with Gasteiger partial charge in [0.15, 0.2) is 0 Å². The molecule has 0 bridgehead atoms. The van der Waals surface area contributed by atoms with Crippen LogP contribution >= 0.6 is 0 Å². The summed E-state index contributed by atoms with van der Waals surface area (Å²) in [7, 11) is 0. The van der Waals surface area contributed by atoms with E-state index in [0.29, 0.717) is 5.92 Å². The van der Waals surface area contributed by atoms with Crippen LogP contribution in [0.1, 0.15) is 66.8 Å². The lowest BCUT2D eigenvalue weighted by Crippen LogP contribution is -2.46. The van der Waals surface area contributed by atoms with Crippen molar-refractivity contribution in [1.82, 2.24) is 14.8 Å². The lowest BCUT2D eigenvalue weighted by Gasteiger charge is -2.32. The minimum Gasteiger partial charge on any atom is -0.459 e. The van der Waals surface area contributed by atoms with Gasteiger partial charge < -0.3 is 14.6 Å². The first-order valence-electron chi connectivity index (χ1n) is 10.5. The lowest BCUT2D eigenvalue weighted by atomic mass is 9.95. The van der Waals surface area contributed by atoms with E-state index in [1.54, 1.807) is 6.92 Å². The number of likely N-dealkylation sites (tertiary alicyclic amines) is 1. The molecule has 0 aliphatic carbocycles. The first-order chi connectivity index (χ1) is 13.1. The van der Waals surface area contributed by atoms with Crippen molar-refractivity contribution in [2.45, 2.75) is 84.5 Å². The van der Waals surface area contributed by atoms with Crippen LogP contribution in [0.25, 0.3) is 0 Å². The van der Waals surface area contributed by atoms with Gasteiger partial charge in [-0.1, -0.05) is 13.3 Å². The normalized spacial score (nSPS) is 22.6. The Balaban J connectivity index is 2.17. The monoisotopic (exact) mass is 391 g/mol. The zero-order chi connectivity index (χ0) is 20.9. The fourth-order valence-corrected chi connectivity index (χ4v) is 4.11. The second kappa shape index (κ2) is 9.59. The largest absolute Gasteiger partial charge is 0.459 e. The third-order valence-electron chi connectivity index (χ3n) is 5.38. The van der Waals surface area contributed by atoms with E-state index in [2.05, 4.69) is 41.0 Å². The van der Waals surface area contributed by atoms with Crippen molar-refractivity contribution < 1.29 is 14.3 Å². The number of carbonyl (C=O) groups excluding carboxylic acids is 2. The van der Waals surface area contributed by atoms with Crippen LogP contribution in [0.5, 0.6) is 0 Å². The summed E-state index contributed by atoms with van der Waals surface area (Å²) in [5, 5.41) is 3.04. The highest BCUT2D eigenvalue weighted by Gasteiger charge is 2.40. The van der Waals surface area contributed by atoms with Crippen molar-refractivity contribution in [2.24, 2.45) is 5.92 Å². The van der Waals surface area contributed by atoms with Crippen molar-refractivity contribution in [1.29, 1.82) is 0 Å². The summed E-state index contributed by atoms with van der Waals surface area (Å²) < 4.78 is 7.91. The highest BCUT2D eigenvalue weighted by atomic mass is 16.6. The molecule has 1 fully saturated rings. The topological polar surface area (TPSA) is 63.6 Å². The van der Waals surface area contributed by atoms with E-state index in [4.69, 9.17) is 4.74 Å². The summed E-state index contributed by atoms with van der Waals surface area (Å²) in [6.45, 7) is 13.1. The second-order valence-corrected chi connectivity index (χ2v) is 9.06. The Morgan fingerprint density at radius 1 is 1.25 bits per heavy atom. The molecule has 1 saturated heterocycles. The highest BCUT2D eigenvalue weighted by Crippen LogP contribution is 2.31. The Hall–Kier alpha value is -1.82. The average molecular weight is 392 g/mol. The standard InChI is InChI=1S/C22H37N3O3/c1-7-10-18(16(2)23-17(3)26)14-25-15-19(24-11-8-9-12-24)13-20(25)21(27)28-22(4,5)6/h8-9,11-12,16,18-20H,7,10,13-15H2,1-6H3,(H,23,26)/t16?,18-,19?,20?/m0/s1. The molecular formula is C22H37N3O3. The van der Waals surface area contributed by atoms with Crippen LogP contribution in [-0.2, 0) is 14.3 Å². The molecule has 0 aromatic carbocycles. The number of rotatable bonds is 8. The lowest BCUT2D eigenvalue weighted by molar-refractivity contribution is -0.160. The van der Waals surface area contributed by atoms with Gasteiger partial charge in [0, 0.05) is 44.5 Å². The number of nitrogens with one attached hydrogen (secondary N) is 1. The average Bonchev–Trinajstić information content (AvgIpc) is 3.21. The molecule has 4 atom stereocenters. The molecule has 1 aliphatic heterocycles. The quantitative estimate of drug-likeness (QED) is 0.690. The SMILES string of the molecule is CCC[C@@H](CN1CC(n2cccc2)CC1C(=O)OC(C)(C)C)C(C)NC(C)=O. The molecule has 0 spiro atoms. The van der Waals surface area contributed by atoms with Gasteiger partial charge in [0.1, 0.15) is 11.6 Å². The van der Waals surface area contributed by atoms with Crippen molar-refractivity contribution in [2.75, 3.05) is 13.1 Å². The summed E-state index contributed by atoms with van der Waals surface area (Å²) in [5.74, 6) is 0.135. The number of aromatic nitrogens is 1. The maximum Gasteiger partial charge on any atom is 0.323 e. The van der Waals surface area contributed by atoms with E-state index in [1.165, 1.54) is 0 Å². The first kappa shape index (κ1) is 22.5. The van der Waals surface area contributed by atoms with Crippen LogP contribution in [0.15, 0.2) is 24.5 Å². The maximum atomic E-state index is 12.9. The van der Waals surface area contributed by atoms with Crippen LogP contribution in [0.3, 0.4) is 0 Å². The van der Waals surface area contributed by atoms with Crippen molar-refractivity contribution >= 4 is 11.9 Å². The van der Waals surface area contributed by atoms with Crippen LogP contribution < -0.4 is 5.32 Å². The first-order valence-corrected chi connectivity index (χ1v) is 10.5. The molecule has 0 saturated carbocycles. The Morgan fingerprint density at radius 2 is 1.89 bits per heavy atom. The molecule has 1 aliphatic rings. The fraction of sp³-hybridized carbons (Fsp3) is 0.727. The molecule has 1 aromatic rings. The molecule has 3 unspecified atom stereocenters.